The summed E-state index contributed by atoms with van der Waals surface area (Å²) in [5.74, 6) is -3.49. The average molecular weight is 806 g/mol. The summed E-state index contributed by atoms with van der Waals surface area (Å²) in [5.41, 5.74) is -4.06. The number of hydroxylamine groups is 2. The molecule has 17 heteroatoms. The van der Waals surface area contributed by atoms with Gasteiger partial charge >= 0.3 is 19.2 Å². The van der Waals surface area contributed by atoms with Crippen LogP contribution >= 0.6 is 18.9 Å². The van der Waals surface area contributed by atoms with Crippen molar-refractivity contribution in [1.82, 2.24) is 20.2 Å². The number of carbonyl (C=O) groups is 4. The third-order valence-corrected chi connectivity index (χ3v) is 12.8. The number of thiophene rings is 1. The van der Waals surface area contributed by atoms with Crippen molar-refractivity contribution in [2.24, 2.45) is 11.8 Å². The van der Waals surface area contributed by atoms with Gasteiger partial charge in [0.15, 0.2) is 0 Å². The average Bonchev–Trinajstić information content (AvgIpc) is 3.94. The highest BCUT2D eigenvalue weighted by atomic mass is 32.1. The molecule has 0 saturated carbocycles. The van der Waals surface area contributed by atoms with Crippen LogP contribution in [0.2, 0.25) is 0 Å². The lowest BCUT2D eigenvalue weighted by Gasteiger charge is -2.38. The summed E-state index contributed by atoms with van der Waals surface area (Å²) in [7, 11) is -5.81. The summed E-state index contributed by atoms with van der Waals surface area (Å²) < 4.78 is 40.7. The maximum absolute atomic E-state index is 14.6. The molecule has 1 aromatic heterocycles. The third-order valence-electron chi connectivity index (χ3n) is 10.7. The lowest BCUT2D eigenvalue weighted by molar-refractivity contribution is -0.159. The van der Waals surface area contributed by atoms with Gasteiger partial charge in [-0.1, -0.05) is 54.6 Å². The maximum Gasteiger partial charge on any atom is 0.399 e. The van der Waals surface area contributed by atoms with Gasteiger partial charge in [0.2, 0.25) is 11.8 Å². The highest BCUT2D eigenvalue weighted by Crippen LogP contribution is 2.59. The van der Waals surface area contributed by atoms with Gasteiger partial charge in [-0.25, -0.2) is 4.79 Å². The van der Waals surface area contributed by atoms with Crippen LogP contribution in [0.5, 0.6) is 0 Å². The standard InChI is InChI=1S/C39H38F2N5O8PS/c40-39(41,55(51,52)53)29-11-14-33-26(17-29)18-34(56-33)35(47)43-20-28-22-45(54-38(50)25-9-5-2-6-10-25)16-15-30-12-13-32(46(30)36(28)48)37(49)44-21-27(19-42)31(23-44)24-7-3-1-4-8-24/h1-11,14,17-18,27-28,30-32H,12-13,15-16,20-23H2,(H,43,47)(H2,51,52,53)/t27-,28?,30-,31+,32+/m1/s1. The summed E-state index contributed by atoms with van der Waals surface area (Å²) in [4.78, 5) is 82.9. The van der Waals surface area contributed by atoms with Crippen molar-refractivity contribution >= 4 is 52.7 Å². The highest BCUT2D eigenvalue weighted by Gasteiger charge is 2.51. The number of carbonyl (C=O) groups excluding carboxylic acids is 4. The fourth-order valence-corrected chi connectivity index (χ4v) is 9.25. The number of rotatable bonds is 9. The van der Waals surface area contributed by atoms with E-state index in [4.69, 9.17) is 4.84 Å². The molecule has 0 spiro atoms. The number of halogens is 2. The molecular formula is C39H38F2N5O8PS. The first-order chi connectivity index (χ1) is 26.7. The number of nitrogens with one attached hydrogen (secondary N) is 1. The molecule has 3 aliphatic rings. The Kier molecular flexibility index (Phi) is 11.1. The Labute approximate surface area is 324 Å². The summed E-state index contributed by atoms with van der Waals surface area (Å²) in [6.45, 7) is 0.472. The molecule has 1 unspecified atom stereocenters. The van der Waals surface area contributed by atoms with Crippen LogP contribution in [0.4, 0.5) is 8.78 Å². The van der Waals surface area contributed by atoms with Crippen LogP contribution < -0.4 is 5.32 Å². The molecule has 0 radical (unpaired) electrons. The van der Waals surface area contributed by atoms with Gasteiger partial charge in [-0.3, -0.25) is 18.9 Å². The number of likely N-dealkylation sites (tertiary alicyclic amines) is 1. The molecule has 5 atom stereocenters. The van der Waals surface area contributed by atoms with Crippen molar-refractivity contribution in [3.05, 3.63) is 106 Å². The Balaban J connectivity index is 1.11. The van der Waals surface area contributed by atoms with Crippen LogP contribution in [0.1, 0.15) is 56.3 Å². The van der Waals surface area contributed by atoms with E-state index in [2.05, 4.69) is 11.4 Å². The van der Waals surface area contributed by atoms with E-state index in [1.165, 1.54) is 17.2 Å². The van der Waals surface area contributed by atoms with Gasteiger partial charge in [-0.2, -0.15) is 14.0 Å². The predicted molar refractivity (Wildman–Crippen MR) is 200 cm³/mol. The van der Waals surface area contributed by atoms with Crippen LogP contribution in [-0.2, 0) is 24.7 Å². The van der Waals surface area contributed by atoms with Crippen LogP contribution in [0.25, 0.3) is 10.1 Å². The van der Waals surface area contributed by atoms with E-state index < -0.39 is 54.5 Å². The van der Waals surface area contributed by atoms with E-state index in [0.717, 1.165) is 29.0 Å². The van der Waals surface area contributed by atoms with E-state index in [9.17, 15) is 47.6 Å². The number of hydrogen-bond acceptors (Lipinski definition) is 9. The Morgan fingerprint density at radius 3 is 2.38 bits per heavy atom. The van der Waals surface area contributed by atoms with E-state index in [1.54, 1.807) is 40.1 Å². The molecule has 3 aromatic carbocycles. The maximum atomic E-state index is 14.6. The quantitative estimate of drug-likeness (QED) is 0.193. The minimum absolute atomic E-state index is 0.100. The highest BCUT2D eigenvalue weighted by molar-refractivity contribution is 7.52. The molecule has 0 aliphatic carbocycles. The van der Waals surface area contributed by atoms with Gasteiger partial charge in [0.05, 0.1) is 28.3 Å². The molecule has 4 heterocycles. The van der Waals surface area contributed by atoms with Crippen molar-refractivity contribution in [3.8, 4) is 6.07 Å². The summed E-state index contributed by atoms with van der Waals surface area (Å²) >= 11 is 0.969. The summed E-state index contributed by atoms with van der Waals surface area (Å²) in [6.07, 6.45) is 1.33. The minimum Gasteiger partial charge on any atom is -0.364 e. The molecule has 56 heavy (non-hydrogen) atoms. The van der Waals surface area contributed by atoms with Crippen LogP contribution in [0.15, 0.2) is 84.9 Å². The lowest BCUT2D eigenvalue weighted by atomic mass is 9.90. The zero-order chi connectivity index (χ0) is 39.8. The number of hydrogen-bond donors (Lipinski definition) is 3. The zero-order valence-electron chi connectivity index (χ0n) is 29.9. The molecule has 3 aliphatic heterocycles. The minimum atomic E-state index is -5.81. The van der Waals surface area contributed by atoms with Crippen molar-refractivity contribution in [2.75, 3.05) is 32.7 Å². The summed E-state index contributed by atoms with van der Waals surface area (Å²) in [5, 5.41) is 14.3. The molecule has 3 amide bonds. The molecular weight excluding hydrogens is 767 g/mol. The molecule has 3 fully saturated rings. The van der Waals surface area contributed by atoms with Crippen LogP contribution in [0, 0.1) is 23.2 Å². The smallest absolute Gasteiger partial charge is 0.364 e. The number of nitriles is 1. The predicted octanol–water partition coefficient (Wildman–Crippen LogP) is 5.08. The number of benzene rings is 3. The first kappa shape index (κ1) is 39.2. The largest absolute Gasteiger partial charge is 0.399 e. The second kappa shape index (κ2) is 15.8. The first-order valence-corrected chi connectivity index (χ1v) is 20.5. The van der Waals surface area contributed by atoms with Gasteiger partial charge in [-0.05, 0) is 60.5 Å². The molecule has 0 bridgehead atoms. The van der Waals surface area contributed by atoms with Crippen molar-refractivity contribution in [3.63, 3.8) is 0 Å². The Morgan fingerprint density at radius 2 is 1.68 bits per heavy atom. The SMILES string of the molecule is N#C[C@@H]1CN(C(=O)[C@@H]2CC[C@@H]3CCN(OC(=O)c4ccccc4)CC(CNC(=O)c4cc5cc(C(F)(F)P(=O)(O)O)ccc5s4)C(=O)N32)C[C@H]1c1ccccc1. The molecule has 3 saturated heterocycles. The summed E-state index contributed by atoms with van der Waals surface area (Å²) in [6, 6.07) is 23.5. The second-order valence-corrected chi connectivity index (χ2v) is 17.0. The number of alkyl halides is 2. The Hall–Kier alpha value is -5.04. The van der Waals surface area contributed by atoms with Gasteiger partial charge in [-0.15, -0.1) is 16.4 Å². The first-order valence-electron chi connectivity index (χ1n) is 18.1. The monoisotopic (exact) mass is 805 g/mol. The van der Waals surface area contributed by atoms with Crippen molar-refractivity contribution < 1.29 is 47.1 Å². The van der Waals surface area contributed by atoms with E-state index in [1.807, 2.05) is 30.3 Å². The molecule has 7 rings (SSSR count). The second-order valence-electron chi connectivity index (χ2n) is 14.3. The van der Waals surface area contributed by atoms with Crippen LogP contribution in [-0.4, -0.2) is 93.1 Å². The van der Waals surface area contributed by atoms with E-state index in [0.29, 0.717) is 36.1 Å². The molecule has 292 valence electrons. The van der Waals surface area contributed by atoms with Crippen molar-refractivity contribution in [2.45, 2.75) is 42.9 Å². The number of nitrogens with zero attached hydrogens (tertiary/aromatic N) is 4. The Bertz CT molecular complexity index is 2230. The van der Waals surface area contributed by atoms with Gasteiger partial charge < -0.3 is 29.7 Å². The fraction of sp³-hybridized carbons (Fsp3) is 0.359. The number of fused-ring (bicyclic) bond motifs is 2. The zero-order valence-corrected chi connectivity index (χ0v) is 31.6. The van der Waals surface area contributed by atoms with E-state index in [-0.39, 0.29) is 54.3 Å². The molecule has 4 aromatic rings. The molecule has 3 N–H and O–H groups in total. The van der Waals surface area contributed by atoms with Gasteiger partial charge in [0.1, 0.15) is 6.04 Å². The topological polar surface area (TPSA) is 181 Å². The lowest BCUT2D eigenvalue weighted by Crippen LogP contribution is -2.56. The van der Waals surface area contributed by atoms with Crippen molar-refractivity contribution in [1.29, 1.82) is 5.26 Å². The fourth-order valence-electron chi connectivity index (χ4n) is 7.82. The van der Waals surface area contributed by atoms with Gasteiger partial charge in [0, 0.05) is 54.9 Å². The van der Waals surface area contributed by atoms with E-state index >= 15 is 0 Å². The Morgan fingerprint density at radius 1 is 0.964 bits per heavy atom. The molecule has 13 nitrogen and oxygen atoms in total. The third kappa shape index (κ3) is 7.83. The normalized spacial score (nSPS) is 23.3. The van der Waals surface area contributed by atoms with Crippen LogP contribution in [0.3, 0.4) is 0 Å². The number of amides is 3. The van der Waals surface area contributed by atoms with Gasteiger partial charge in [0.25, 0.3) is 5.91 Å².